The molecule has 3 N–H and O–H groups in total. The van der Waals surface area contributed by atoms with Crippen LogP contribution in [0.4, 0.5) is 21.3 Å². The second kappa shape index (κ2) is 10.6. The van der Waals surface area contributed by atoms with Gasteiger partial charge in [-0.25, -0.2) is 31.3 Å². The zero-order valence-corrected chi connectivity index (χ0v) is 22.4. The summed E-state index contributed by atoms with van der Waals surface area (Å²) in [5.74, 6) is -0.110. The molecule has 0 bridgehead atoms. The van der Waals surface area contributed by atoms with Gasteiger partial charge in [0.1, 0.15) is 4.21 Å². The standard InChI is InChI=1S/C21H29N5O6S3/c1-26(2)14-9-10-16(15(11-14)18(27)13-7-5-6-8-13)23-20(28)25-21-24-17(12-22-35(4,31)32)19(33-21)34(3,29)30/h9-11,13,22H,5-8,12H2,1-4H3,(H2,23,24,25,28). The van der Waals surface area contributed by atoms with Gasteiger partial charge in [-0.05, 0) is 31.0 Å². The summed E-state index contributed by atoms with van der Waals surface area (Å²) in [5.41, 5.74) is 1.54. The molecule has 3 rings (SSSR count). The molecule has 2 amide bonds. The van der Waals surface area contributed by atoms with Crippen LogP contribution in [-0.2, 0) is 26.4 Å². The maximum atomic E-state index is 13.2. The second-order valence-corrected chi connectivity index (χ2v) is 13.7. The molecule has 1 aliphatic rings. The molecule has 2 aromatic rings. The fourth-order valence-electron chi connectivity index (χ4n) is 3.77. The minimum absolute atomic E-state index is 0.0225. The molecule has 0 radical (unpaired) electrons. The molecule has 1 fully saturated rings. The first kappa shape index (κ1) is 27.0. The van der Waals surface area contributed by atoms with E-state index in [-0.39, 0.29) is 33.3 Å². The number of benzene rings is 1. The van der Waals surface area contributed by atoms with Gasteiger partial charge in [0, 0.05) is 37.5 Å². The van der Waals surface area contributed by atoms with Gasteiger partial charge in [-0.15, -0.1) is 0 Å². The Hall–Kier alpha value is -2.55. The predicted molar refractivity (Wildman–Crippen MR) is 137 cm³/mol. The lowest BCUT2D eigenvalue weighted by molar-refractivity contribution is 0.0923. The Labute approximate surface area is 209 Å². The molecular weight excluding hydrogens is 514 g/mol. The lowest BCUT2D eigenvalue weighted by atomic mass is 9.94. The molecule has 0 saturated heterocycles. The number of ketones is 1. The molecule has 1 aromatic heterocycles. The predicted octanol–water partition coefficient (Wildman–Crippen LogP) is 2.68. The van der Waals surface area contributed by atoms with E-state index in [9.17, 15) is 26.4 Å². The Morgan fingerprint density at radius 1 is 1.09 bits per heavy atom. The van der Waals surface area contributed by atoms with Crippen molar-refractivity contribution in [1.29, 1.82) is 0 Å². The number of sulfone groups is 1. The summed E-state index contributed by atoms with van der Waals surface area (Å²) in [6, 6.07) is 4.47. The summed E-state index contributed by atoms with van der Waals surface area (Å²) in [7, 11) is -3.58. The van der Waals surface area contributed by atoms with Crippen LogP contribution in [0.15, 0.2) is 22.4 Å². The van der Waals surface area contributed by atoms with Crippen molar-refractivity contribution in [2.45, 2.75) is 36.4 Å². The number of rotatable bonds is 9. The third kappa shape index (κ3) is 7.22. The highest BCUT2D eigenvalue weighted by Gasteiger charge is 2.27. The largest absolute Gasteiger partial charge is 0.378 e. The molecule has 192 valence electrons. The van der Waals surface area contributed by atoms with E-state index >= 15 is 0 Å². The van der Waals surface area contributed by atoms with Crippen molar-refractivity contribution in [3.8, 4) is 0 Å². The summed E-state index contributed by atoms with van der Waals surface area (Å²) < 4.78 is 49.1. The SMILES string of the molecule is CN(C)c1ccc(NC(=O)Nc2nc(CNS(C)(=O)=O)c(S(C)(=O)=O)s2)c(C(=O)C2CCCC2)c1. The molecule has 0 unspecified atom stereocenters. The minimum Gasteiger partial charge on any atom is -0.378 e. The molecule has 35 heavy (non-hydrogen) atoms. The summed E-state index contributed by atoms with van der Waals surface area (Å²) in [6.45, 7) is -0.340. The van der Waals surface area contributed by atoms with E-state index in [4.69, 9.17) is 0 Å². The number of nitrogens with zero attached hydrogens (tertiary/aromatic N) is 2. The third-order valence-corrected chi connectivity index (χ3v) is 9.02. The number of thiazole rings is 1. The monoisotopic (exact) mass is 543 g/mol. The van der Waals surface area contributed by atoms with Crippen LogP contribution in [-0.4, -0.2) is 60.2 Å². The normalized spacial score (nSPS) is 14.6. The summed E-state index contributed by atoms with van der Waals surface area (Å²) in [6.07, 6.45) is 5.54. The summed E-state index contributed by atoms with van der Waals surface area (Å²) in [5, 5.41) is 5.13. The molecule has 1 aromatic carbocycles. The number of Topliss-reactive ketones (excluding diaryl/α,β-unsaturated/α-hetero) is 1. The van der Waals surface area contributed by atoms with Gasteiger partial charge < -0.3 is 10.2 Å². The maximum absolute atomic E-state index is 13.2. The highest BCUT2D eigenvalue weighted by molar-refractivity contribution is 7.93. The van der Waals surface area contributed by atoms with Gasteiger partial charge in [0.15, 0.2) is 20.8 Å². The Kier molecular flexibility index (Phi) is 8.19. The number of hydrogen-bond donors (Lipinski definition) is 3. The first-order valence-electron chi connectivity index (χ1n) is 10.8. The van der Waals surface area contributed by atoms with Crippen molar-refractivity contribution in [2.24, 2.45) is 5.92 Å². The number of amides is 2. The van der Waals surface area contributed by atoms with Gasteiger partial charge in [0.2, 0.25) is 10.0 Å². The Morgan fingerprint density at radius 2 is 1.74 bits per heavy atom. The molecule has 11 nitrogen and oxygen atoms in total. The fourth-order valence-corrected chi connectivity index (χ4v) is 6.27. The lowest BCUT2D eigenvalue weighted by Crippen LogP contribution is -2.23. The molecule has 14 heteroatoms. The molecule has 1 aliphatic carbocycles. The van der Waals surface area contributed by atoms with Gasteiger partial charge in [-0.1, -0.05) is 24.2 Å². The molecule has 0 aliphatic heterocycles. The van der Waals surface area contributed by atoms with Gasteiger partial charge >= 0.3 is 6.03 Å². The molecule has 1 saturated carbocycles. The Morgan fingerprint density at radius 3 is 2.31 bits per heavy atom. The smallest absolute Gasteiger partial charge is 0.325 e. The molecule has 0 atom stereocenters. The van der Waals surface area contributed by atoms with Crippen molar-refractivity contribution in [3.63, 3.8) is 0 Å². The first-order chi connectivity index (χ1) is 16.2. The number of anilines is 3. The van der Waals surface area contributed by atoms with Crippen molar-refractivity contribution in [1.82, 2.24) is 9.71 Å². The highest BCUT2D eigenvalue weighted by atomic mass is 32.2. The van der Waals surface area contributed by atoms with Crippen molar-refractivity contribution in [2.75, 3.05) is 42.1 Å². The third-order valence-electron chi connectivity index (χ3n) is 5.48. The van der Waals surface area contributed by atoms with E-state index in [0.717, 1.165) is 43.9 Å². The fraction of sp³-hybridized carbons (Fsp3) is 0.476. The average Bonchev–Trinajstić information content (AvgIpc) is 3.41. The van der Waals surface area contributed by atoms with Crippen molar-refractivity contribution < 1.29 is 26.4 Å². The number of carbonyl (C=O) groups excluding carboxylic acids is 2. The van der Waals surface area contributed by atoms with Crippen LogP contribution in [0.1, 0.15) is 41.7 Å². The zero-order valence-electron chi connectivity index (χ0n) is 19.9. The minimum atomic E-state index is -3.72. The van der Waals surface area contributed by atoms with E-state index in [1.165, 1.54) is 0 Å². The number of sulfonamides is 1. The van der Waals surface area contributed by atoms with Crippen LogP contribution in [0.25, 0.3) is 0 Å². The lowest BCUT2D eigenvalue weighted by Gasteiger charge is -2.18. The quantitative estimate of drug-likeness (QED) is 0.408. The summed E-state index contributed by atoms with van der Waals surface area (Å²) >= 11 is 0.714. The van der Waals surface area contributed by atoms with Gasteiger partial charge in [-0.2, -0.15) is 0 Å². The molecule has 1 heterocycles. The number of hydrogen-bond acceptors (Lipinski definition) is 9. The van der Waals surface area contributed by atoms with Crippen molar-refractivity contribution in [3.05, 3.63) is 29.5 Å². The van der Waals surface area contributed by atoms with Crippen LogP contribution in [0, 0.1) is 5.92 Å². The highest BCUT2D eigenvalue weighted by Crippen LogP contribution is 2.33. The maximum Gasteiger partial charge on any atom is 0.325 e. The molecule has 0 spiro atoms. The van der Waals surface area contributed by atoms with Crippen molar-refractivity contribution >= 4 is 59.5 Å². The van der Waals surface area contributed by atoms with Gasteiger partial charge in [0.05, 0.1) is 24.2 Å². The van der Waals surface area contributed by atoms with Crippen LogP contribution >= 0.6 is 11.3 Å². The number of carbonyl (C=O) groups is 2. The number of urea groups is 1. The molecular formula is C21H29N5O6S3. The zero-order chi connectivity index (χ0) is 26.0. The van der Waals surface area contributed by atoms with E-state index < -0.39 is 25.9 Å². The number of aromatic nitrogens is 1. The van der Waals surface area contributed by atoms with E-state index in [0.29, 0.717) is 22.6 Å². The first-order valence-corrected chi connectivity index (χ1v) is 15.4. The summed E-state index contributed by atoms with van der Waals surface area (Å²) in [4.78, 5) is 31.9. The second-order valence-electron chi connectivity index (χ2n) is 8.67. The van der Waals surface area contributed by atoms with Crippen LogP contribution in [0.5, 0.6) is 0 Å². The Balaban J connectivity index is 1.84. The van der Waals surface area contributed by atoms with E-state index in [1.807, 2.05) is 19.0 Å². The van der Waals surface area contributed by atoms with E-state index in [1.54, 1.807) is 18.2 Å². The van der Waals surface area contributed by atoms with Gasteiger partial charge in [0.25, 0.3) is 0 Å². The van der Waals surface area contributed by atoms with E-state index in [2.05, 4.69) is 20.3 Å². The Bertz CT molecular complexity index is 1330. The number of nitrogens with one attached hydrogen (secondary N) is 3. The van der Waals surface area contributed by atoms with Crippen LogP contribution in [0.2, 0.25) is 0 Å². The van der Waals surface area contributed by atoms with Crippen LogP contribution in [0.3, 0.4) is 0 Å². The van der Waals surface area contributed by atoms with Gasteiger partial charge in [-0.3, -0.25) is 10.1 Å². The topological polar surface area (TPSA) is 155 Å². The average molecular weight is 544 g/mol. The van der Waals surface area contributed by atoms with Crippen LogP contribution < -0.4 is 20.3 Å².